The highest BCUT2D eigenvalue weighted by atomic mass is 35.5. The molecule has 3 aromatic rings. The zero-order chi connectivity index (χ0) is 20.1. The fourth-order valence-corrected chi connectivity index (χ4v) is 4.93. The number of aryl methyl sites for hydroxylation is 4. The van der Waals surface area contributed by atoms with Gasteiger partial charge in [0.2, 0.25) is 5.91 Å². The van der Waals surface area contributed by atoms with Crippen molar-refractivity contribution in [1.29, 1.82) is 0 Å². The van der Waals surface area contributed by atoms with E-state index >= 15 is 0 Å². The van der Waals surface area contributed by atoms with E-state index < -0.39 is 0 Å². The molecule has 0 spiro atoms. The Bertz CT molecular complexity index is 959. The number of aromatic nitrogens is 2. The minimum absolute atomic E-state index is 0.0147. The fraction of sp³-hybridized carbons (Fsp3) is 0.409. The summed E-state index contributed by atoms with van der Waals surface area (Å²) in [5.74, 6) is 1.18. The van der Waals surface area contributed by atoms with E-state index in [2.05, 4.69) is 10.3 Å². The van der Waals surface area contributed by atoms with Crippen LogP contribution in [0.4, 0.5) is 0 Å². The van der Waals surface area contributed by atoms with Gasteiger partial charge in [-0.15, -0.1) is 11.3 Å². The number of nitrogens with zero attached hydrogens (tertiary/aromatic N) is 2. The van der Waals surface area contributed by atoms with Crippen LogP contribution in [0.5, 0.6) is 0 Å². The summed E-state index contributed by atoms with van der Waals surface area (Å²) >= 11 is 8.03. The van der Waals surface area contributed by atoms with Crippen LogP contribution in [0.2, 0.25) is 5.02 Å². The van der Waals surface area contributed by atoms with E-state index in [0.717, 1.165) is 24.8 Å². The van der Waals surface area contributed by atoms with Crippen LogP contribution in [0.15, 0.2) is 34.9 Å². The molecule has 2 heterocycles. The molecule has 4 rings (SSSR count). The number of carbonyl (C=O) groups is 1. The number of thiazole rings is 1. The average molecular weight is 430 g/mol. The summed E-state index contributed by atoms with van der Waals surface area (Å²) in [6, 6.07) is 7.47. The quantitative estimate of drug-likeness (QED) is 0.511. The molecule has 1 N–H and O–H groups in total. The van der Waals surface area contributed by atoms with Crippen molar-refractivity contribution in [3.63, 3.8) is 0 Å². The lowest BCUT2D eigenvalue weighted by molar-refractivity contribution is -0.121. The Morgan fingerprint density at radius 2 is 2.07 bits per heavy atom. The predicted molar refractivity (Wildman–Crippen MR) is 115 cm³/mol. The van der Waals surface area contributed by atoms with Crippen LogP contribution in [-0.4, -0.2) is 22.4 Å². The molecule has 0 saturated carbocycles. The Labute approximate surface area is 179 Å². The molecule has 1 amide bonds. The SMILES string of the molecule is O=C(CCc1ncc(-c2ccccc2Cl)o1)NCCCc1nc2c(s1)CCCC2. The maximum atomic E-state index is 12.1. The zero-order valence-corrected chi connectivity index (χ0v) is 17.8. The van der Waals surface area contributed by atoms with Crippen molar-refractivity contribution in [3.8, 4) is 11.3 Å². The van der Waals surface area contributed by atoms with E-state index in [9.17, 15) is 4.79 Å². The molecule has 0 fully saturated rings. The molecule has 2 aromatic heterocycles. The molecule has 0 radical (unpaired) electrons. The molecule has 0 aliphatic heterocycles. The monoisotopic (exact) mass is 429 g/mol. The molecule has 0 saturated heterocycles. The van der Waals surface area contributed by atoms with Gasteiger partial charge in [0.1, 0.15) is 0 Å². The summed E-state index contributed by atoms with van der Waals surface area (Å²) in [6.45, 7) is 0.666. The lowest BCUT2D eigenvalue weighted by Gasteiger charge is -2.06. The van der Waals surface area contributed by atoms with Crippen molar-refractivity contribution in [2.24, 2.45) is 0 Å². The van der Waals surface area contributed by atoms with Gasteiger partial charge in [0.05, 0.1) is 21.9 Å². The molecule has 29 heavy (non-hydrogen) atoms. The number of rotatable bonds is 8. The largest absolute Gasteiger partial charge is 0.441 e. The van der Waals surface area contributed by atoms with Gasteiger partial charge in [0.25, 0.3) is 0 Å². The van der Waals surface area contributed by atoms with E-state index in [0.29, 0.717) is 36.1 Å². The fourth-order valence-electron chi connectivity index (χ4n) is 3.50. The number of benzene rings is 1. The Hall–Kier alpha value is -2.18. The summed E-state index contributed by atoms with van der Waals surface area (Å²) in [5.41, 5.74) is 2.11. The molecule has 0 unspecified atom stereocenters. The number of amides is 1. The molecule has 0 atom stereocenters. The van der Waals surface area contributed by atoms with Gasteiger partial charge in [-0.1, -0.05) is 23.7 Å². The van der Waals surface area contributed by atoms with Crippen molar-refractivity contribution in [3.05, 3.63) is 57.0 Å². The second kappa shape index (κ2) is 9.55. The van der Waals surface area contributed by atoms with Gasteiger partial charge < -0.3 is 9.73 Å². The third-order valence-electron chi connectivity index (χ3n) is 5.04. The number of hydrogen-bond acceptors (Lipinski definition) is 5. The number of carbonyl (C=O) groups excluding carboxylic acids is 1. The second-order valence-electron chi connectivity index (χ2n) is 7.24. The molecule has 1 aliphatic rings. The molecule has 0 bridgehead atoms. The van der Waals surface area contributed by atoms with Gasteiger partial charge in [-0.2, -0.15) is 0 Å². The van der Waals surface area contributed by atoms with Crippen molar-refractivity contribution in [1.82, 2.24) is 15.3 Å². The van der Waals surface area contributed by atoms with Crippen molar-refractivity contribution >= 4 is 28.8 Å². The average Bonchev–Trinajstić information content (AvgIpc) is 3.36. The number of halogens is 1. The van der Waals surface area contributed by atoms with E-state index in [1.54, 1.807) is 6.20 Å². The first-order valence-electron chi connectivity index (χ1n) is 10.1. The van der Waals surface area contributed by atoms with Gasteiger partial charge in [-0.05, 0) is 44.2 Å². The smallest absolute Gasteiger partial charge is 0.220 e. The molecule has 5 nitrogen and oxygen atoms in total. The minimum atomic E-state index is 0.0147. The molecular formula is C22H24ClN3O2S. The van der Waals surface area contributed by atoms with Crippen LogP contribution in [-0.2, 0) is 30.5 Å². The molecule has 1 aliphatic carbocycles. The summed E-state index contributed by atoms with van der Waals surface area (Å²) in [5, 5.41) is 4.81. The van der Waals surface area contributed by atoms with Gasteiger partial charge in [-0.3, -0.25) is 4.79 Å². The van der Waals surface area contributed by atoms with Crippen LogP contribution < -0.4 is 5.32 Å². The highest BCUT2D eigenvalue weighted by molar-refractivity contribution is 7.11. The van der Waals surface area contributed by atoms with Gasteiger partial charge in [-0.25, -0.2) is 9.97 Å². The molecule has 1 aromatic carbocycles. The first kappa shape index (κ1) is 20.1. The minimum Gasteiger partial charge on any atom is -0.441 e. The third kappa shape index (κ3) is 5.25. The summed E-state index contributed by atoms with van der Waals surface area (Å²) < 4.78 is 5.74. The van der Waals surface area contributed by atoms with E-state index in [-0.39, 0.29) is 5.91 Å². The normalized spacial score (nSPS) is 13.3. The van der Waals surface area contributed by atoms with Crippen LogP contribution in [0, 0.1) is 0 Å². The Balaban J connectivity index is 1.18. The summed E-state index contributed by atoms with van der Waals surface area (Å²) in [6.07, 6.45) is 9.17. The highest BCUT2D eigenvalue weighted by Crippen LogP contribution is 2.28. The van der Waals surface area contributed by atoms with Crippen molar-refractivity contribution in [2.45, 2.75) is 51.4 Å². The molecular weight excluding hydrogens is 406 g/mol. The lowest BCUT2D eigenvalue weighted by Crippen LogP contribution is -2.25. The predicted octanol–water partition coefficient (Wildman–Crippen LogP) is 5.01. The Kier molecular flexibility index (Phi) is 6.62. The number of fused-ring (bicyclic) bond motifs is 1. The van der Waals surface area contributed by atoms with Crippen LogP contribution in [0.25, 0.3) is 11.3 Å². The number of nitrogens with one attached hydrogen (secondary N) is 1. The highest BCUT2D eigenvalue weighted by Gasteiger charge is 2.15. The van der Waals surface area contributed by atoms with E-state index in [1.807, 2.05) is 35.6 Å². The standard InChI is InChI=1S/C22H24ClN3O2S/c23-16-7-2-1-6-15(16)18-14-25-21(28-18)12-11-20(27)24-13-5-10-22-26-17-8-3-4-9-19(17)29-22/h1-2,6-7,14H,3-5,8-13H2,(H,24,27). The zero-order valence-electron chi connectivity index (χ0n) is 16.2. The number of hydrogen-bond donors (Lipinski definition) is 1. The Morgan fingerprint density at radius 3 is 2.93 bits per heavy atom. The lowest BCUT2D eigenvalue weighted by atomic mass is 10.0. The van der Waals surface area contributed by atoms with E-state index in [1.165, 1.54) is 34.8 Å². The third-order valence-corrected chi connectivity index (χ3v) is 6.59. The maximum Gasteiger partial charge on any atom is 0.220 e. The maximum absolute atomic E-state index is 12.1. The van der Waals surface area contributed by atoms with Gasteiger partial charge in [0.15, 0.2) is 11.7 Å². The molecule has 7 heteroatoms. The van der Waals surface area contributed by atoms with Crippen LogP contribution >= 0.6 is 22.9 Å². The summed E-state index contributed by atoms with van der Waals surface area (Å²) in [7, 11) is 0. The topological polar surface area (TPSA) is 68.0 Å². The van der Waals surface area contributed by atoms with Crippen LogP contribution in [0.3, 0.4) is 0 Å². The van der Waals surface area contributed by atoms with Crippen molar-refractivity contribution < 1.29 is 9.21 Å². The summed E-state index contributed by atoms with van der Waals surface area (Å²) in [4.78, 5) is 22.6. The molecule has 152 valence electrons. The van der Waals surface area contributed by atoms with Crippen LogP contribution in [0.1, 0.15) is 47.2 Å². The second-order valence-corrected chi connectivity index (χ2v) is 8.81. The Morgan fingerprint density at radius 1 is 1.21 bits per heavy atom. The van der Waals surface area contributed by atoms with Crippen molar-refractivity contribution in [2.75, 3.05) is 6.54 Å². The number of oxazole rings is 1. The van der Waals surface area contributed by atoms with Gasteiger partial charge in [0, 0.05) is 36.2 Å². The van der Waals surface area contributed by atoms with E-state index in [4.69, 9.17) is 21.0 Å². The first-order chi connectivity index (χ1) is 14.2. The van der Waals surface area contributed by atoms with Gasteiger partial charge >= 0.3 is 0 Å². The first-order valence-corrected chi connectivity index (χ1v) is 11.3.